The molecule has 0 aliphatic heterocycles. The summed E-state index contributed by atoms with van der Waals surface area (Å²) in [7, 11) is 0. The number of amides is 1. The number of rotatable bonds is 12. The van der Waals surface area contributed by atoms with Gasteiger partial charge in [-0.2, -0.15) is 0 Å². The first-order valence-corrected chi connectivity index (χ1v) is 8.89. The molecule has 0 saturated heterocycles. The Labute approximate surface area is 163 Å². The van der Waals surface area contributed by atoms with Crippen LogP contribution in [0, 0.1) is 4.91 Å². The lowest BCUT2D eigenvalue weighted by atomic mass is 10.2. The molecule has 0 bridgehead atoms. The summed E-state index contributed by atoms with van der Waals surface area (Å²) in [6.45, 7) is 1.62. The van der Waals surface area contributed by atoms with Gasteiger partial charge in [-0.25, -0.2) is 0 Å². The number of nitrogens with zero attached hydrogens (tertiary/aromatic N) is 5. The lowest BCUT2D eigenvalue weighted by Crippen LogP contribution is -2.35. The smallest absolute Gasteiger partial charge is 0.317 e. The first-order chi connectivity index (χ1) is 13.6. The van der Waals surface area contributed by atoms with Crippen LogP contribution in [0.5, 0.6) is 0 Å². The first kappa shape index (κ1) is 21.3. The van der Waals surface area contributed by atoms with E-state index in [-0.39, 0.29) is 13.1 Å². The molecule has 1 amide bonds. The number of carbonyl (C=O) groups is 2. The molecule has 0 aliphatic rings. The van der Waals surface area contributed by atoms with Gasteiger partial charge in [0, 0.05) is 43.7 Å². The van der Waals surface area contributed by atoms with Crippen LogP contribution in [-0.4, -0.2) is 62.9 Å². The van der Waals surface area contributed by atoms with E-state index in [0.29, 0.717) is 32.6 Å². The second kappa shape index (κ2) is 11.6. The highest BCUT2D eigenvalue weighted by molar-refractivity contribution is 5.78. The average Bonchev–Trinajstić information content (AvgIpc) is 2.69. The van der Waals surface area contributed by atoms with Crippen LogP contribution < -0.4 is 0 Å². The fourth-order valence-electron chi connectivity index (χ4n) is 2.80. The molecule has 0 fully saturated rings. The van der Waals surface area contributed by atoms with E-state index in [1.165, 1.54) is 0 Å². The molecule has 0 saturated carbocycles. The van der Waals surface area contributed by atoms with E-state index in [9.17, 15) is 14.5 Å². The summed E-state index contributed by atoms with van der Waals surface area (Å²) in [5.41, 5.74) is 1.56. The van der Waals surface area contributed by atoms with Crippen LogP contribution in [0.4, 0.5) is 0 Å². The van der Waals surface area contributed by atoms with Crippen molar-refractivity contribution in [1.29, 1.82) is 0 Å². The van der Waals surface area contributed by atoms with E-state index in [0.717, 1.165) is 11.4 Å². The molecule has 148 valence electrons. The predicted octanol–water partition coefficient (Wildman–Crippen LogP) is 1.55. The van der Waals surface area contributed by atoms with Crippen LogP contribution >= 0.6 is 0 Å². The van der Waals surface area contributed by atoms with Gasteiger partial charge in [0.25, 0.3) is 5.91 Å². The zero-order chi connectivity index (χ0) is 20.2. The molecule has 2 aromatic rings. The lowest BCUT2D eigenvalue weighted by molar-refractivity contribution is -0.138. The molecule has 1 N–H and O–H groups in total. The quantitative estimate of drug-likeness (QED) is 0.547. The number of nitroso groups, excluding NO2 is 1. The van der Waals surface area contributed by atoms with Gasteiger partial charge in [-0.05, 0) is 30.7 Å². The molecule has 0 aliphatic carbocycles. The molecule has 0 unspecified atom stereocenters. The number of hydrogen-bond donors (Lipinski definition) is 1. The molecule has 2 rings (SSSR count). The topological polar surface area (TPSA) is 116 Å². The standard InChI is InChI=1S/C19H23N5O4/c25-18(22-28)14-23(12-16-6-1-3-8-20-16)10-5-11-24(15-19(26)27)13-17-7-2-4-9-21-17/h1-4,6-9H,5,10-15H2,(H,26,27). The van der Waals surface area contributed by atoms with Crippen LogP contribution in [0.2, 0.25) is 0 Å². The Bertz CT molecular complexity index is 757. The number of aromatic nitrogens is 2. The summed E-state index contributed by atoms with van der Waals surface area (Å²) in [5.74, 6) is -1.66. The largest absolute Gasteiger partial charge is 0.480 e. The molecule has 0 atom stereocenters. The number of aliphatic carboxylic acids is 1. The van der Waals surface area contributed by atoms with Gasteiger partial charge in [0.15, 0.2) is 0 Å². The second-order valence-corrected chi connectivity index (χ2v) is 6.30. The number of carboxylic acids is 1. The molecule has 0 aromatic carbocycles. The highest BCUT2D eigenvalue weighted by Crippen LogP contribution is 2.06. The van der Waals surface area contributed by atoms with Gasteiger partial charge in [-0.15, -0.1) is 4.91 Å². The molecule has 0 radical (unpaired) electrons. The minimum Gasteiger partial charge on any atom is -0.480 e. The lowest BCUT2D eigenvalue weighted by Gasteiger charge is -2.23. The molecule has 2 aromatic heterocycles. The van der Waals surface area contributed by atoms with Crippen molar-refractivity contribution in [3.8, 4) is 0 Å². The summed E-state index contributed by atoms with van der Waals surface area (Å²) >= 11 is 0. The van der Waals surface area contributed by atoms with Crippen molar-refractivity contribution in [3.63, 3.8) is 0 Å². The summed E-state index contributed by atoms with van der Waals surface area (Å²) in [5, 5.41) is 11.6. The minimum absolute atomic E-state index is 0.0980. The fraction of sp³-hybridized carbons (Fsp3) is 0.368. The Morgan fingerprint density at radius 3 is 1.86 bits per heavy atom. The molecule has 28 heavy (non-hydrogen) atoms. The van der Waals surface area contributed by atoms with Gasteiger partial charge in [0.2, 0.25) is 0 Å². The Kier molecular flexibility index (Phi) is 8.83. The van der Waals surface area contributed by atoms with E-state index in [4.69, 9.17) is 5.11 Å². The molecular weight excluding hydrogens is 362 g/mol. The Hall–Kier alpha value is -3.04. The van der Waals surface area contributed by atoms with Crippen molar-refractivity contribution in [2.24, 2.45) is 5.18 Å². The Balaban J connectivity index is 1.93. The summed E-state index contributed by atoms with van der Waals surface area (Å²) in [6, 6.07) is 11.0. The van der Waals surface area contributed by atoms with Gasteiger partial charge in [0.1, 0.15) is 0 Å². The summed E-state index contributed by atoms with van der Waals surface area (Å²) in [6.07, 6.45) is 3.94. The van der Waals surface area contributed by atoms with Gasteiger partial charge >= 0.3 is 5.97 Å². The average molecular weight is 385 g/mol. The zero-order valence-electron chi connectivity index (χ0n) is 15.5. The number of carbonyl (C=O) groups excluding carboxylic acids is 1. The Morgan fingerprint density at radius 1 is 0.893 bits per heavy atom. The van der Waals surface area contributed by atoms with Gasteiger partial charge in [-0.1, -0.05) is 12.1 Å². The normalized spacial score (nSPS) is 10.9. The van der Waals surface area contributed by atoms with Gasteiger partial charge in [0.05, 0.1) is 24.5 Å². The van der Waals surface area contributed by atoms with Crippen molar-refractivity contribution in [2.45, 2.75) is 19.5 Å². The highest BCUT2D eigenvalue weighted by Gasteiger charge is 2.15. The number of pyridine rings is 2. The van der Waals surface area contributed by atoms with E-state index in [2.05, 4.69) is 15.1 Å². The fourth-order valence-corrected chi connectivity index (χ4v) is 2.80. The third kappa shape index (κ3) is 8.11. The maximum absolute atomic E-state index is 11.5. The second-order valence-electron chi connectivity index (χ2n) is 6.30. The third-order valence-corrected chi connectivity index (χ3v) is 3.99. The molecule has 9 nitrogen and oxygen atoms in total. The van der Waals surface area contributed by atoms with Crippen LogP contribution in [0.25, 0.3) is 0 Å². The molecule has 9 heteroatoms. The third-order valence-electron chi connectivity index (χ3n) is 3.99. The van der Waals surface area contributed by atoms with Crippen LogP contribution in [0.15, 0.2) is 54.0 Å². The van der Waals surface area contributed by atoms with Crippen molar-refractivity contribution >= 4 is 11.9 Å². The van der Waals surface area contributed by atoms with Crippen molar-refractivity contribution in [3.05, 3.63) is 65.1 Å². The van der Waals surface area contributed by atoms with E-state index >= 15 is 0 Å². The van der Waals surface area contributed by atoms with E-state index in [1.54, 1.807) is 34.3 Å². The summed E-state index contributed by atoms with van der Waals surface area (Å²) < 4.78 is 0. The maximum Gasteiger partial charge on any atom is 0.317 e. The van der Waals surface area contributed by atoms with Crippen molar-refractivity contribution in [1.82, 2.24) is 19.8 Å². The highest BCUT2D eigenvalue weighted by atomic mass is 16.4. The Morgan fingerprint density at radius 2 is 1.43 bits per heavy atom. The van der Waals surface area contributed by atoms with Gasteiger partial charge < -0.3 is 5.11 Å². The maximum atomic E-state index is 11.5. The number of carboxylic acid groups (broad SMARTS) is 1. The predicted molar refractivity (Wildman–Crippen MR) is 102 cm³/mol. The van der Waals surface area contributed by atoms with Crippen molar-refractivity contribution < 1.29 is 14.7 Å². The SMILES string of the molecule is O=NC(=O)CN(CCCN(CC(=O)O)Cc1ccccn1)Cc1ccccn1. The first-order valence-electron chi connectivity index (χ1n) is 8.89. The molecule has 2 heterocycles. The zero-order valence-corrected chi connectivity index (χ0v) is 15.5. The number of hydrogen-bond acceptors (Lipinski definition) is 7. The van der Waals surface area contributed by atoms with Gasteiger partial charge in [-0.3, -0.25) is 29.4 Å². The van der Waals surface area contributed by atoms with E-state index in [1.807, 2.05) is 24.3 Å². The minimum atomic E-state index is -0.915. The molecular formula is C19H23N5O4. The monoisotopic (exact) mass is 385 g/mol. The van der Waals surface area contributed by atoms with Crippen LogP contribution in [-0.2, 0) is 22.7 Å². The van der Waals surface area contributed by atoms with E-state index < -0.39 is 11.9 Å². The van der Waals surface area contributed by atoms with Crippen LogP contribution in [0.1, 0.15) is 17.8 Å². The van der Waals surface area contributed by atoms with Crippen LogP contribution in [0.3, 0.4) is 0 Å². The van der Waals surface area contributed by atoms with Crippen molar-refractivity contribution in [2.75, 3.05) is 26.2 Å². The summed E-state index contributed by atoms with van der Waals surface area (Å²) in [4.78, 5) is 45.1. The molecule has 0 spiro atoms.